The molecule has 2 aromatic rings. The van der Waals surface area contributed by atoms with Crippen LogP contribution in [0.15, 0.2) is 42.6 Å². The number of hydrogen-bond donors (Lipinski definition) is 1. The molecule has 0 amide bonds. The third kappa shape index (κ3) is 5.44. The number of anilines is 1. The highest BCUT2D eigenvalue weighted by atomic mass is 16.5. The number of hydrogen-bond acceptors (Lipinski definition) is 4. The van der Waals surface area contributed by atoms with Crippen molar-refractivity contribution in [2.24, 2.45) is 0 Å². The minimum absolute atomic E-state index is 0.701. The molecule has 112 valence electrons. The van der Waals surface area contributed by atoms with E-state index in [0.29, 0.717) is 6.61 Å². The van der Waals surface area contributed by atoms with Crippen LogP contribution in [0.1, 0.15) is 11.3 Å². The Balaban J connectivity index is 1.80. The van der Waals surface area contributed by atoms with Crippen molar-refractivity contribution in [3.8, 4) is 5.75 Å². The molecule has 0 aliphatic carbocycles. The van der Waals surface area contributed by atoms with Crippen LogP contribution in [0.5, 0.6) is 5.75 Å². The van der Waals surface area contributed by atoms with Crippen molar-refractivity contribution in [2.45, 2.75) is 13.5 Å². The minimum Gasteiger partial charge on any atom is -0.492 e. The Morgan fingerprint density at radius 3 is 2.48 bits per heavy atom. The molecule has 1 N–H and O–H groups in total. The number of likely N-dealkylation sites (N-methyl/N-ethyl adjacent to an activating group) is 1. The summed E-state index contributed by atoms with van der Waals surface area (Å²) in [6, 6.07) is 12.1. The molecule has 0 fully saturated rings. The molecule has 2 rings (SSSR count). The first-order valence-electron chi connectivity index (χ1n) is 7.16. The number of aryl methyl sites for hydroxylation is 1. The molecule has 1 aromatic carbocycles. The standard InChI is InChI=1S/C17H23N3O/c1-14-4-5-16(18-12-14)13-19-15-6-8-17(9-7-15)21-11-10-20(2)3/h4-9,12,19H,10-11,13H2,1-3H3. The fraction of sp³-hybridized carbons (Fsp3) is 0.353. The van der Waals surface area contributed by atoms with Gasteiger partial charge in [0.05, 0.1) is 12.2 Å². The molecule has 0 bridgehead atoms. The second-order valence-electron chi connectivity index (χ2n) is 5.36. The molecular weight excluding hydrogens is 262 g/mol. The predicted octanol–water partition coefficient (Wildman–Crippen LogP) is 2.94. The smallest absolute Gasteiger partial charge is 0.119 e. The maximum absolute atomic E-state index is 5.67. The van der Waals surface area contributed by atoms with Gasteiger partial charge in [0.1, 0.15) is 12.4 Å². The van der Waals surface area contributed by atoms with Gasteiger partial charge in [-0.05, 0) is 56.9 Å². The van der Waals surface area contributed by atoms with Gasteiger partial charge in [0, 0.05) is 18.4 Å². The van der Waals surface area contributed by atoms with Crippen molar-refractivity contribution in [3.63, 3.8) is 0 Å². The maximum Gasteiger partial charge on any atom is 0.119 e. The van der Waals surface area contributed by atoms with Gasteiger partial charge in [-0.1, -0.05) is 6.07 Å². The van der Waals surface area contributed by atoms with E-state index < -0.39 is 0 Å². The lowest BCUT2D eigenvalue weighted by atomic mass is 10.2. The van der Waals surface area contributed by atoms with E-state index in [1.54, 1.807) is 0 Å². The van der Waals surface area contributed by atoms with Crippen LogP contribution in [0.25, 0.3) is 0 Å². The molecule has 0 saturated carbocycles. The second kappa shape index (κ2) is 7.64. The average molecular weight is 285 g/mol. The highest BCUT2D eigenvalue weighted by Gasteiger charge is 1.98. The predicted molar refractivity (Wildman–Crippen MR) is 86.8 cm³/mol. The molecular formula is C17H23N3O. The summed E-state index contributed by atoms with van der Waals surface area (Å²) in [5.41, 5.74) is 3.28. The van der Waals surface area contributed by atoms with Gasteiger partial charge in [0.15, 0.2) is 0 Å². The molecule has 0 aliphatic rings. The van der Waals surface area contributed by atoms with Gasteiger partial charge in [-0.3, -0.25) is 4.98 Å². The van der Waals surface area contributed by atoms with Gasteiger partial charge < -0.3 is 15.0 Å². The highest BCUT2D eigenvalue weighted by Crippen LogP contribution is 2.16. The molecule has 1 heterocycles. The van der Waals surface area contributed by atoms with E-state index in [2.05, 4.69) is 21.3 Å². The van der Waals surface area contributed by atoms with Crippen LogP contribution in [0.2, 0.25) is 0 Å². The fourth-order valence-electron chi connectivity index (χ4n) is 1.81. The first-order valence-corrected chi connectivity index (χ1v) is 7.16. The molecule has 0 radical (unpaired) electrons. The van der Waals surface area contributed by atoms with E-state index in [9.17, 15) is 0 Å². The van der Waals surface area contributed by atoms with Crippen molar-refractivity contribution < 1.29 is 4.74 Å². The Morgan fingerprint density at radius 2 is 1.86 bits per heavy atom. The molecule has 0 spiro atoms. The Morgan fingerprint density at radius 1 is 1.10 bits per heavy atom. The SMILES string of the molecule is Cc1ccc(CNc2ccc(OCCN(C)C)cc2)nc1. The number of nitrogens with zero attached hydrogens (tertiary/aromatic N) is 2. The third-order valence-electron chi connectivity index (χ3n) is 3.11. The van der Waals surface area contributed by atoms with Crippen molar-refractivity contribution in [1.82, 2.24) is 9.88 Å². The van der Waals surface area contributed by atoms with E-state index in [4.69, 9.17) is 4.74 Å². The number of rotatable bonds is 7. The topological polar surface area (TPSA) is 37.4 Å². The second-order valence-corrected chi connectivity index (χ2v) is 5.36. The summed E-state index contributed by atoms with van der Waals surface area (Å²) in [4.78, 5) is 6.48. The Labute approximate surface area is 126 Å². The quantitative estimate of drug-likeness (QED) is 0.848. The molecule has 0 aliphatic heterocycles. The summed E-state index contributed by atoms with van der Waals surface area (Å²) >= 11 is 0. The van der Waals surface area contributed by atoms with Gasteiger partial charge in [-0.2, -0.15) is 0 Å². The molecule has 21 heavy (non-hydrogen) atoms. The zero-order valence-electron chi connectivity index (χ0n) is 13.0. The number of nitrogens with one attached hydrogen (secondary N) is 1. The largest absolute Gasteiger partial charge is 0.492 e. The molecule has 0 atom stereocenters. The lowest BCUT2D eigenvalue weighted by Crippen LogP contribution is -2.19. The van der Waals surface area contributed by atoms with Gasteiger partial charge in [0.2, 0.25) is 0 Å². The van der Waals surface area contributed by atoms with E-state index in [1.165, 1.54) is 5.56 Å². The van der Waals surface area contributed by atoms with Gasteiger partial charge in [-0.25, -0.2) is 0 Å². The number of ether oxygens (including phenoxy) is 1. The van der Waals surface area contributed by atoms with Crippen molar-refractivity contribution in [2.75, 3.05) is 32.6 Å². The molecule has 4 nitrogen and oxygen atoms in total. The first kappa shape index (κ1) is 15.3. The molecule has 0 unspecified atom stereocenters. The zero-order chi connectivity index (χ0) is 15.1. The number of benzene rings is 1. The van der Waals surface area contributed by atoms with Gasteiger partial charge in [0.25, 0.3) is 0 Å². The van der Waals surface area contributed by atoms with Crippen LogP contribution < -0.4 is 10.1 Å². The van der Waals surface area contributed by atoms with Crippen molar-refractivity contribution in [1.29, 1.82) is 0 Å². The Bertz CT molecular complexity index is 535. The molecule has 1 aromatic heterocycles. The summed E-state index contributed by atoms with van der Waals surface area (Å²) < 4.78 is 5.67. The third-order valence-corrected chi connectivity index (χ3v) is 3.11. The van der Waals surface area contributed by atoms with Crippen LogP contribution in [-0.4, -0.2) is 37.1 Å². The van der Waals surface area contributed by atoms with Crippen LogP contribution in [-0.2, 0) is 6.54 Å². The van der Waals surface area contributed by atoms with Crippen LogP contribution in [0.4, 0.5) is 5.69 Å². The summed E-state index contributed by atoms with van der Waals surface area (Å²) in [6.45, 7) is 4.38. The van der Waals surface area contributed by atoms with E-state index >= 15 is 0 Å². The van der Waals surface area contributed by atoms with Crippen molar-refractivity contribution in [3.05, 3.63) is 53.9 Å². The Kier molecular flexibility index (Phi) is 5.58. The van der Waals surface area contributed by atoms with E-state index in [-0.39, 0.29) is 0 Å². The van der Waals surface area contributed by atoms with Crippen LogP contribution >= 0.6 is 0 Å². The summed E-state index contributed by atoms with van der Waals surface area (Å²) in [7, 11) is 4.07. The number of aromatic nitrogens is 1. The maximum atomic E-state index is 5.67. The number of pyridine rings is 1. The first-order chi connectivity index (χ1) is 10.1. The normalized spacial score (nSPS) is 10.7. The zero-order valence-corrected chi connectivity index (χ0v) is 13.0. The molecule has 4 heteroatoms. The minimum atomic E-state index is 0.701. The van der Waals surface area contributed by atoms with Crippen molar-refractivity contribution >= 4 is 5.69 Å². The van der Waals surface area contributed by atoms with Crippen LogP contribution in [0.3, 0.4) is 0 Å². The summed E-state index contributed by atoms with van der Waals surface area (Å²) in [5.74, 6) is 0.899. The molecule has 0 saturated heterocycles. The fourth-order valence-corrected chi connectivity index (χ4v) is 1.81. The monoisotopic (exact) mass is 285 g/mol. The lowest BCUT2D eigenvalue weighted by molar-refractivity contribution is 0.261. The van der Waals surface area contributed by atoms with E-state index in [1.807, 2.05) is 57.5 Å². The van der Waals surface area contributed by atoms with Gasteiger partial charge >= 0.3 is 0 Å². The summed E-state index contributed by atoms with van der Waals surface area (Å²) in [5, 5.41) is 3.36. The Hall–Kier alpha value is -2.07. The lowest BCUT2D eigenvalue weighted by Gasteiger charge is -2.11. The van der Waals surface area contributed by atoms with Gasteiger partial charge in [-0.15, -0.1) is 0 Å². The average Bonchev–Trinajstić information content (AvgIpc) is 2.48. The van der Waals surface area contributed by atoms with Crippen LogP contribution in [0, 0.1) is 6.92 Å². The summed E-state index contributed by atoms with van der Waals surface area (Å²) in [6.07, 6.45) is 1.89. The van der Waals surface area contributed by atoms with E-state index in [0.717, 1.165) is 30.2 Å². The highest BCUT2D eigenvalue weighted by molar-refractivity contribution is 5.46.